The number of primary amides is 1. The quantitative estimate of drug-likeness (QED) is 0.535. The number of nitrogens with two attached hydrogens (primary N) is 1. The zero-order valence-corrected chi connectivity index (χ0v) is 13.8. The van der Waals surface area contributed by atoms with Crippen LogP contribution in [-0.2, 0) is 4.79 Å². The number of rotatable bonds is 6. The van der Waals surface area contributed by atoms with Crippen molar-refractivity contribution in [3.8, 4) is 0 Å². The molecule has 2 aromatic carbocycles. The van der Waals surface area contributed by atoms with Gasteiger partial charge >= 0.3 is 0 Å². The summed E-state index contributed by atoms with van der Waals surface area (Å²) in [6.07, 6.45) is 1.71. The highest BCUT2D eigenvalue weighted by Gasteiger charge is 2.13. The number of aromatic nitrogens is 2. The zero-order valence-electron chi connectivity index (χ0n) is 13.8. The first kappa shape index (κ1) is 17.2. The van der Waals surface area contributed by atoms with Crippen LogP contribution in [0.3, 0.4) is 0 Å². The molecule has 8 nitrogen and oxygen atoms in total. The third-order valence-electron chi connectivity index (χ3n) is 3.76. The molecule has 0 aliphatic carbocycles. The Morgan fingerprint density at radius 3 is 2.69 bits per heavy atom. The van der Waals surface area contributed by atoms with Crippen molar-refractivity contribution in [2.24, 2.45) is 5.73 Å². The summed E-state index contributed by atoms with van der Waals surface area (Å²) in [5, 5.41) is 12.9. The second-order valence-electron chi connectivity index (χ2n) is 5.65. The van der Waals surface area contributed by atoms with E-state index in [-0.39, 0.29) is 24.8 Å². The third-order valence-corrected chi connectivity index (χ3v) is 3.76. The van der Waals surface area contributed by atoms with Crippen molar-refractivity contribution in [1.29, 1.82) is 0 Å². The minimum Gasteiger partial charge on any atom is -0.370 e. The number of amides is 3. The predicted molar refractivity (Wildman–Crippen MR) is 96.6 cm³/mol. The molecule has 0 bridgehead atoms. The first-order valence-electron chi connectivity index (χ1n) is 7.94. The lowest BCUT2D eigenvalue weighted by Crippen LogP contribution is -2.27. The molecule has 0 saturated heterocycles. The minimum absolute atomic E-state index is 0.0658. The van der Waals surface area contributed by atoms with Crippen molar-refractivity contribution in [3.05, 3.63) is 59.8 Å². The molecule has 132 valence electrons. The van der Waals surface area contributed by atoms with Crippen LogP contribution in [0, 0.1) is 0 Å². The van der Waals surface area contributed by atoms with Gasteiger partial charge in [-0.3, -0.25) is 19.5 Å². The zero-order chi connectivity index (χ0) is 18.5. The van der Waals surface area contributed by atoms with E-state index >= 15 is 0 Å². The fourth-order valence-corrected chi connectivity index (χ4v) is 2.50. The second-order valence-corrected chi connectivity index (χ2v) is 5.65. The van der Waals surface area contributed by atoms with Crippen LogP contribution in [-0.4, -0.2) is 34.5 Å². The van der Waals surface area contributed by atoms with Gasteiger partial charge in [-0.2, -0.15) is 5.10 Å². The highest BCUT2D eigenvalue weighted by atomic mass is 16.2. The third kappa shape index (κ3) is 3.86. The van der Waals surface area contributed by atoms with Crippen LogP contribution >= 0.6 is 0 Å². The fraction of sp³-hybridized carbons (Fsp3) is 0.111. The molecule has 0 saturated carbocycles. The number of para-hydroxylation sites is 1. The summed E-state index contributed by atoms with van der Waals surface area (Å²) in [7, 11) is 0. The summed E-state index contributed by atoms with van der Waals surface area (Å²) in [5.41, 5.74) is 6.99. The van der Waals surface area contributed by atoms with Gasteiger partial charge in [-0.15, -0.1) is 0 Å². The van der Waals surface area contributed by atoms with E-state index in [0.29, 0.717) is 22.3 Å². The van der Waals surface area contributed by atoms with E-state index in [1.807, 2.05) is 6.07 Å². The van der Waals surface area contributed by atoms with Crippen molar-refractivity contribution in [2.75, 3.05) is 11.9 Å². The Kier molecular flexibility index (Phi) is 4.93. The highest BCUT2D eigenvalue weighted by molar-refractivity contribution is 6.12. The summed E-state index contributed by atoms with van der Waals surface area (Å²) in [5.74, 6) is -1.15. The van der Waals surface area contributed by atoms with Gasteiger partial charge in [0.2, 0.25) is 5.91 Å². The van der Waals surface area contributed by atoms with Crippen molar-refractivity contribution >= 4 is 34.3 Å². The van der Waals surface area contributed by atoms with Gasteiger partial charge in [0.15, 0.2) is 0 Å². The summed E-state index contributed by atoms with van der Waals surface area (Å²) >= 11 is 0. The molecule has 3 rings (SSSR count). The van der Waals surface area contributed by atoms with Crippen molar-refractivity contribution in [1.82, 2.24) is 15.5 Å². The number of fused-ring (bicyclic) bond motifs is 1. The number of hydrogen-bond acceptors (Lipinski definition) is 4. The molecule has 0 fully saturated rings. The maximum Gasteiger partial charge on any atom is 0.257 e. The van der Waals surface area contributed by atoms with Crippen LogP contribution in [0.25, 0.3) is 10.9 Å². The Morgan fingerprint density at radius 2 is 1.88 bits per heavy atom. The molecule has 3 aromatic rings. The maximum absolute atomic E-state index is 12.5. The van der Waals surface area contributed by atoms with Gasteiger partial charge in [0.25, 0.3) is 11.8 Å². The first-order valence-corrected chi connectivity index (χ1v) is 7.94. The first-order chi connectivity index (χ1) is 12.5. The smallest absolute Gasteiger partial charge is 0.257 e. The van der Waals surface area contributed by atoms with Crippen molar-refractivity contribution in [3.63, 3.8) is 0 Å². The molecule has 0 spiro atoms. The molecule has 0 aliphatic heterocycles. The van der Waals surface area contributed by atoms with Gasteiger partial charge in [-0.25, -0.2) is 0 Å². The van der Waals surface area contributed by atoms with Gasteiger partial charge in [0, 0.05) is 29.6 Å². The lowest BCUT2D eigenvalue weighted by atomic mass is 10.1. The molecule has 26 heavy (non-hydrogen) atoms. The normalized spacial score (nSPS) is 10.5. The number of H-pyrrole nitrogens is 1. The molecule has 5 N–H and O–H groups in total. The monoisotopic (exact) mass is 351 g/mol. The Bertz CT molecular complexity index is 980. The molecule has 3 amide bonds. The minimum atomic E-state index is -0.487. The van der Waals surface area contributed by atoms with E-state index in [9.17, 15) is 14.4 Å². The highest BCUT2D eigenvalue weighted by Crippen LogP contribution is 2.18. The standard InChI is InChI=1S/C18H17N5O3/c19-15(24)7-8-20-17(25)11-3-1-5-13(9-11)22-18(26)14-6-2-4-12-10-21-23-16(12)14/h1-6,9-10H,7-8H2,(H2,19,24)(H,20,25)(H,21,23)(H,22,26). The van der Waals surface area contributed by atoms with E-state index in [2.05, 4.69) is 20.8 Å². The average molecular weight is 351 g/mol. The Balaban J connectivity index is 1.72. The second kappa shape index (κ2) is 7.47. The fourth-order valence-electron chi connectivity index (χ4n) is 2.50. The van der Waals surface area contributed by atoms with Gasteiger partial charge in [0.05, 0.1) is 17.3 Å². The number of benzene rings is 2. The molecular formula is C18H17N5O3. The summed E-state index contributed by atoms with van der Waals surface area (Å²) < 4.78 is 0. The number of carbonyl (C=O) groups is 3. The number of nitrogens with one attached hydrogen (secondary N) is 3. The summed E-state index contributed by atoms with van der Waals surface area (Å²) in [4.78, 5) is 35.3. The van der Waals surface area contributed by atoms with Crippen LogP contribution in [0.1, 0.15) is 27.1 Å². The van der Waals surface area contributed by atoms with Gasteiger partial charge in [-0.1, -0.05) is 18.2 Å². The Labute approximate surface area is 148 Å². The lowest BCUT2D eigenvalue weighted by molar-refractivity contribution is -0.117. The number of aromatic amines is 1. The number of nitrogens with zero attached hydrogens (tertiary/aromatic N) is 1. The van der Waals surface area contributed by atoms with Gasteiger partial charge in [-0.05, 0) is 24.3 Å². The van der Waals surface area contributed by atoms with Crippen LogP contribution in [0.5, 0.6) is 0 Å². The van der Waals surface area contributed by atoms with Gasteiger partial charge < -0.3 is 16.4 Å². The van der Waals surface area contributed by atoms with E-state index < -0.39 is 5.91 Å². The molecule has 1 aromatic heterocycles. The van der Waals surface area contributed by atoms with Crippen LogP contribution in [0.2, 0.25) is 0 Å². The molecule has 0 aliphatic rings. The van der Waals surface area contributed by atoms with E-state index in [1.165, 1.54) is 0 Å². The molecular weight excluding hydrogens is 334 g/mol. The van der Waals surface area contributed by atoms with E-state index in [0.717, 1.165) is 5.39 Å². The number of anilines is 1. The molecule has 0 radical (unpaired) electrons. The molecule has 0 unspecified atom stereocenters. The Morgan fingerprint density at radius 1 is 1.08 bits per heavy atom. The van der Waals surface area contributed by atoms with E-state index in [4.69, 9.17) is 5.73 Å². The Hall–Kier alpha value is -3.68. The maximum atomic E-state index is 12.5. The SMILES string of the molecule is NC(=O)CCNC(=O)c1cccc(NC(=O)c2cccc3cn[nH]c23)c1. The summed E-state index contributed by atoms with van der Waals surface area (Å²) in [6, 6.07) is 11.8. The lowest BCUT2D eigenvalue weighted by Gasteiger charge is -2.08. The molecule has 1 heterocycles. The average Bonchev–Trinajstić information content (AvgIpc) is 3.10. The van der Waals surface area contributed by atoms with Crippen molar-refractivity contribution in [2.45, 2.75) is 6.42 Å². The van der Waals surface area contributed by atoms with Crippen LogP contribution in [0.4, 0.5) is 5.69 Å². The molecule has 0 atom stereocenters. The predicted octanol–water partition coefficient (Wildman–Crippen LogP) is 1.42. The topological polar surface area (TPSA) is 130 Å². The summed E-state index contributed by atoms with van der Waals surface area (Å²) in [6.45, 7) is 0.159. The van der Waals surface area contributed by atoms with E-state index in [1.54, 1.807) is 42.6 Å². The van der Waals surface area contributed by atoms with Crippen LogP contribution < -0.4 is 16.4 Å². The van der Waals surface area contributed by atoms with Gasteiger partial charge in [0.1, 0.15) is 0 Å². The van der Waals surface area contributed by atoms with Crippen molar-refractivity contribution < 1.29 is 14.4 Å². The number of carbonyl (C=O) groups excluding carboxylic acids is 3. The largest absolute Gasteiger partial charge is 0.370 e. The molecule has 8 heteroatoms. The number of hydrogen-bond donors (Lipinski definition) is 4. The van der Waals surface area contributed by atoms with Crippen LogP contribution in [0.15, 0.2) is 48.7 Å².